The fourth-order valence-corrected chi connectivity index (χ4v) is 5.71. The van der Waals surface area contributed by atoms with Crippen molar-refractivity contribution in [3.05, 3.63) is 167 Å². The largest absolute Gasteiger partial charge is 0.508 e. The van der Waals surface area contributed by atoms with E-state index in [4.69, 9.17) is 14.3 Å². The fourth-order valence-electron chi connectivity index (χ4n) is 5.71. The summed E-state index contributed by atoms with van der Waals surface area (Å²) in [6, 6.07) is 37.0. The Bertz CT molecular complexity index is 2320. The maximum absolute atomic E-state index is 12.7. The Balaban J connectivity index is 1.01. The molecule has 0 spiro atoms. The van der Waals surface area contributed by atoms with Crippen LogP contribution in [0.4, 0.5) is 11.4 Å². The van der Waals surface area contributed by atoms with Crippen LogP contribution in [0.15, 0.2) is 133 Å². The molecule has 0 saturated heterocycles. The number of carbonyl (C=O) groups excluding carboxylic acids is 1. The van der Waals surface area contributed by atoms with E-state index in [0.29, 0.717) is 39.9 Å². The van der Waals surface area contributed by atoms with Gasteiger partial charge in [-0.25, -0.2) is 9.59 Å². The van der Waals surface area contributed by atoms with Crippen LogP contribution in [0.3, 0.4) is 0 Å². The molecule has 6 aromatic rings. The van der Waals surface area contributed by atoms with E-state index in [2.05, 4.69) is 24.6 Å². The molecule has 6 aromatic carbocycles. The van der Waals surface area contributed by atoms with E-state index in [1.165, 1.54) is 30.3 Å². The van der Waals surface area contributed by atoms with Crippen molar-refractivity contribution in [2.45, 2.75) is 25.9 Å². The summed E-state index contributed by atoms with van der Waals surface area (Å²) >= 11 is 0. The zero-order valence-electron chi connectivity index (χ0n) is 29.6. The zero-order valence-corrected chi connectivity index (χ0v) is 29.6. The number of ether oxygens (including phenoxy) is 2. The van der Waals surface area contributed by atoms with Crippen LogP contribution in [-0.2, 0) is 16.9 Å². The van der Waals surface area contributed by atoms with Crippen molar-refractivity contribution in [3.8, 4) is 34.5 Å². The van der Waals surface area contributed by atoms with E-state index in [9.17, 15) is 34.8 Å². The summed E-state index contributed by atoms with van der Waals surface area (Å²) < 4.78 is 12.1. The van der Waals surface area contributed by atoms with Gasteiger partial charge in [0.05, 0.1) is 22.4 Å². The SMILES string of the molecule is CC(C)(c1ccc(Oc2ccc(NOCc3ccc(O)cc3C(=O)O)cc2)cc1)c1ccc(Oc2ccc(NC(=O)c3ccc(O)cc3C(=O)O)cc2)cc1. The number of carbonyl (C=O) groups is 3. The quantitative estimate of drug-likeness (QED) is 0.0585. The molecule has 6 N–H and O–H groups in total. The molecule has 0 radical (unpaired) electrons. The molecule has 0 aromatic heterocycles. The number of carboxylic acid groups (broad SMARTS) is 2. The van der Waals surface area contributed by atoms with Crippen LogP contribution in [0.1, 0.15) is 61.6 Å². The van der Waals surface area contributed by atoms with E-state index < -0.39 is 17.8 Å². The third kappa shape index (κ3) is 9.20. The van der Waals surface area contributed by atoms with Gasteiger partial charge in [0.1, 0.15) is 41.1 Å². The molecule has 6 rings (SSSR count). The van der Waals surface area contributed by atoms with Crippen molar-refractivity contribution < 1.29 is 49.1 Å². The molecule has 0 aliphatic carbocycles. The molecule has 12 heteroatoms. The maximum Gasteiger partial charge on any atom is 0.336 e. The number of rotatable bonds is 14. The lowest BCUT2D eigenvalue weighted by atomic mass is 9.78. The van der Waals surface area contributed by atoms with Crippen molar-refractivity contribution in [2.75, 3.05) is 10.8 Å². The predicted octanol–water partition coefficient (Wildman–Crippen LogP) is 9.20. The van der Waals surface area contributed by atoms with Crippen molar-refractivity contribution in [1.29, 1.82) is 0 Å². The third-order valence-corrected chi connectivity index (χ3v) is 8.81. The summed E-state index contributed by atoms with van der Waals surface area (Å²) in [5, 5.41) is 40.6. The van der Waals surface area contributed by atoms with Crippen molar-refractivity contribution >= 4 is 29.2 Å². The van der Waals surface area contributed by atoms with Crippen LogP contribution < -0.4 is 20.3 Å². The fraction of sp³-hybridized carbons (Fsp3) is 0.0930. The van der Waals surface area contributed by atoms with Gasteiger partial charge in [0.15, 0.2) is 0 Å². The van der Waals surface area contributed by atoms with Gasteiger partial charge in [-0.1, -0.05) is 44.2 Å². The Morgan fingerprint density at radius 3 is 1.47 bits per heavy atom. The molecule has 0 aliphatic heterocycles. The van der Waals surface area contributed by atoms with Crippen molar-refractivity contribution in [1.82, 2.24) is 0 Å². The lowest BCUT2D eigenvalue weighted by Gasteiger charge is -2.26. The number of anilines is 2. The third-order valence-electron chi connectivity index (χ3n) is 8.81. The molecule has 0 atom stereocenters. The number of amides is 1. The topological polar surface area (TPSA) is 184 Å². The second-order valence-electron chi connectivity index (χ2n) is 13.0. The number of aromatic carboxylic acids is 2. The monoisotopic (exact) mass is 740 g/mol. The van der Waals surface area contributed by atoms with E-state index in [0.717, 1.165) is 17.2 Å². The molecule has 0 unspecified atom stereocenters. The number of nitrogens with one attached hydrogen (secondary N) is 2. The second-order valence-corrected chi connectivity index (χ2v) is 13.0. The minimum absolute atomic E-state index is 0.0231. The van der Waals surface area contributed by atoms with Gasteiger partial charge in [-0.05, 0) is 120 Å². The van der Waals surface area contributed by atoms with Crippen molar-refractivity contribution in [3.63, 3.8) is 0 Å². The Kier molecular flexibility index (Phi) is 11.0. The minimum Gasteiger partial charge on any atom is -0.508 e. The first kappa shape index (κ1) is 37.4. The van der Waals surface area contributed by atoms with Crippen LogP contribution in [0.2, 0.25) is 0 Å². The lowest BCUT2D eigenvalue weighted by molar-refractivity contribution is 0.0682. The molecule has 0 heterocycles. The van der Waals surface area contributed by atoms with Crippen LogP contribution in [0, 0.1) is 0 Å². The Morgan fingerprint density at radius 2 is 0.982 bits per heavy atom. The summed E-state index contributed by atoms with van der Waals surface area (Å²) in [6.07, 6.45) is 0. The number of hydrogen-bond donors (Lipinski definition) is 6. The molecule has 0 aliphatic rings. The number of hydrogen-bond acceptors (Lipinski definition) is 9. The van der Waals surface area contributed by atoms with Gasteiger partial charge in [-0.15, -0.1) is 0 Å². The molecule has 0 bridgehead atoms. The van der Waals surface area contributed by atoms with Gasteiger partial charge in [0.25, 0.3) is 5.91 Å². The van der Waals surface area contributed by atoms with Gasteiger partial charge in [0, 0.05) is 11.1 Å². The van der Waals surface area contributed by atoms with Gasteiger partial charge in [-0.3, -0.25) is 15.1 Å². The number of aromatic hydroxyl groups is 2. The van der Waals surface area contributed by atoms with Crippen LogP contribution in [0.5, 0.6) is 34.5 Å². The van der Waals surface area contributed by atoms with Crippen LogP contribution >= 0.6 is 0 Å². The first-order valence-corrected chi connectivity index (χ1v) is 16.9. The van der Waals surface area contributed by atoms with Crippen LogP contribution in [-0.4, -0.2) is 38.3 Å². The zero-order chi connectivity index (χ0) is 39.1. The highest BCUT2D eigenvalue weighted by molar-refractivity contribution is 6.10. The number of benzene rings is 6. The van der Waals surface area contributed by atoms with E-state index in [-0.39, 0.29) is 40.2 Å². The van der Waals surface area contributed by atoms with Crippen LogP contribution in [0.25, 0.3) is 0 Å². The molecular weight excluding hydrogens is 704 g/mol. The maximum atomic E-state index is 12.7. The van der Waals surface area contributed by atoms with E-state index >= 15 is 0 Å². The highest BCUT2D eigenvalue weighted by Gasteiger charge is 2.23. The smallest absolute Gasteiger partial charge is 0.336 e. The van der Waals surface area contributed by atoms with E-state index in [1.807, 2.05) is 48.5 Å². The highest BCUT2D eigenvalue weighted by Crippen LogP contribution is 2.35. The van der Waals surface area contributed by atoms with Gasteiger partial charge >= 0.3 is 11.9 Å². The minimum atomic E-state index is -1.32. The number of carboxylic acids is 2. The summed E-state index contributed by atoms with van der Waals surface area (Å²) in [5.41, 5.74) is 5.66. The van der Waals surface area contributed by atoms with Gasteiger partial charge in [-0.2, -0.15) is 0 Å². The molecule has 278 valence electrons. The predicted molar refractivity (Wildman–Crippen MR) is 205 cm³/mol. The van der Waals surface area contributed by atoms with Gasteiger partial charge in [0.2, 0.25) is 0 Å². The first-order valence-electron chi connectivity index (χ1n) is 16.9. The summed E-state index contributed by atoms with van der Waals surface area (Å²) in [4.78, 5) is 41.1. The van der Waals surface area contributed by atoms with E-state index in [1.54, 1.807) is 48.5 Å². The molecule has 0 fully saturated rings. The first-order chi connectivity index (χ1) is 26.3. The Labute approximate surface area is 315 Å². The normalized spacial score (nSPS) is 11.0. The Hall–Kier alpha value is -7.31. The summed E-state index contributed by atoms with van der Waals surface area (Å²) in [7, 11) is 0. The average Bonchev–Trinajstić information content (AvgIpc) is 3.17. The molecule has 55 heavy (non-hydrogen) atoms. The second kappa shape index (κ2) is 16.1. The van der Waals surface area contributed by atoms with Crippen molar-refractivity contribution in [2.24, 2.45) is 0 Å². The molecule has 12 nitrogen and oxygen atoms in total. The number of phenolic OH excluding ortho intramolecular Hbond substituents is 2. The summed E-state index contributed by atoms with van der Waals surface area (Å²) in [5.74, 6) is -1.06. The lowest BCUT2D eigenvalue weighted by Crippen LogP contribution is -2.18. The molecular formula is C43H36N2O10. The average molecular weight is 741 g/mol. The number of phenols is 2. The molecule has 0 saturated carbocycles. The standard InChI is InChI=1S/C43H36N2O10/c1-43(2,27-4-14-33(15-5-27)54-35-18-8-29(9-19-35)44-40(48)37-22-13-32(47)24-39(37)42(51)52)28-6-16-34(17-7-28)55-36-20-10-30(11-21-36)45-53-25-26-3-12-31(46)23-38(26)41(49)50/h3-24,45-47H,25H2,1-2H3,(H,44,48)(H,49,50)(H,51,52). The van der Waals surface area contributed by atoms with Gasteiger partial charge < -0.3 is 35.2 Å². The Morgan fingerprint density at radius 1 is 0.545 bits per heavy atom. The molecule has 1 amide bonds. The summed E-state index contributed by atoms with van der Waals surface area (Å²) in [6.45, 7) is 4.23. The highest BCUT2D eigenvalue weighted by atomic mass is 16.6.